The second-order valence-electron chi connectivity index (χ2n) is 8.13. The van der Waals surface area contributed by atoms with Crippen molar-refractivity contribution >= 4 is 34.6 Å². The van der Waals surface area contributed by atoms with Crippen molar-refractivity contribution in [3.63, 3.8) is 0 Å². The van der Waals surface area contributed by atoms with Crippen molar-refractivity contribution in [2.45, 2.75) is 46.3 Å². The van der Waals surface area contributed by atoms with E-state index < -0.39 is 0 Å². The first kappa shape index (κ1) is 22.8. The van der Waals surface area contributed by atoms with Crippen LogP contribution >= 0.6 is 12.2 Å². The molecular weight excluding hydrogens is 434 g/mol. The van der Waals surface area contributed by atoms with Gasteiger partial charge >= 0.3 is 0 Å². The van der Waals surface area contributed by atoms with Crippen LogP contribution in [0.1, 0.15) is 48.6 Å². The molecule has 0 radical (unpaired) electrons. The summed E-state index contributed by atoms with van der Waals surface area (Å²) in [6.45, 7) is 8.80. The lowest BCUT2D eigenvalue weighted by Gasteiger charge is -2.29. The minimum absolute atomic E-state index is 0.113. The fourth-order valence-corrected chi connectivity index (χ4v) is 5.04. The van der Waals surface area contributed by atoms with E-state index in [9.17, 15) is 4.79 Å². The van der Waals surface area contributed by atoms with Gasteiger partial charge in [-0.25, -0.2) is 0 Å². The fourth-order valence-electron chi connectivity index (χ4n) is 4.70. The van der Waals surface area contributed by atoms with Gasteiger partial charge in [-0.15, -0.1) is 0 Å². The van der Waals surface area contributed by atoms with Gasteiger partial charge in [-0.3, -0.25) is 9.78 Å². The van der Waals surface area contributed by atoms with E-state index in [4.69, 9.17) is 17.0 Å². The summed E-state index contributed by atoms with van der Waals surface area (Å²) in [5.41, 5.74) is 5.98. The summed E-state index contributed by atoms with van der Waals surface area (Å²) in [6.07, 6.45) is 1.80. The summed E-state index contributed by atoms with van der Waals surface area (Å²) in [4.78, 5) is 18.5. The number of carbonyl (C=O) groups excluding carboxylic acids is 1. The lowest BCUT2D eigenvalue weighted by Crippen LogP contribution is -2.29. The maximum Gasteiger partial charge on any atom is 0.221 e. The Balaban J connectivity index is 1.88. The zero-order valence-electron chi connectivity index (χ0n) is 19.5. The molecule has 0 saturated carbocycles. The van der Waals surface area contributed by atoms with Gasteiger partial charge in [0, 0.05) is 36.7 Å². The third-order valence-corrected chi connectivity index (χ3v) is 6.43. The molecule has 3 heterocycles. The number of ether oxygens (including phenoxy) is 1. The predicted octanol–water partition coefficient (Wildman–Crippen LogP) is 4.66. The number of pyridine rings is 1. The maximum absolute atomic E-state index is 11.8. The summed E-state index contributed by atoms with van der Waals surface area (Å²) < 4.78 is 7.76. The largest absolute Gasteiger partial charge is 0.495 e. The number of nitrogens with zero attached hydrogens (tertiary/aromatic N) is 3. The van der Waals surface area contributed by atoms with Crippen LogP contribution in [-0.2, 0) is 11.3 Å². The highest BCUT2D eigenvalue weighted by molar-refractivity contribution is 7.80. The Morgan fingerprint density at radius 3 is 2.64 bits per heavy atom. The van der Waals surface area contributed by atoms with Crippen LogP contribution in [0, 0.1) is 13.8 Å². The molecule has 7 nitrogen and oxygen atoms in total. The van der Waals surface area contributed by atoms with Crippen LogP contribution in [-0.4, -0.2) is 27.7 Å². The van der Waals surface area contributed by atoms with Crippen LogP contribution < -0.4 is 20.3 Å². The summed E-state index contributed by atoms with van der Waals surface area (Å²) in [5, 5.41) is 6.97. The molecule has 2 atom stereocenters. The minimum Gasteiger partial charge on any atom is -0.495 e. The van der Waals surface area contributed by atoms with E-state index >= 15 is 0 Å². The zero-order chi connectivity index (χ0) is 23.7. The highest BCUT2D eigenvalue weighted by atomic mass is 32.1. The van der Waals surface area contributed by atoms with Crippen LogP contribution in [0.25, 0.3) is 0 Å². The van der Waals surface area contributed by atoms with Crippen LogP contribution in [0.3, 0.4) is 0 Å². The summed E-state index contributed by atoms with van der Waals surface area (Å²) in [5.74, 6) is 0.427. The van der Waals surface area contributed by atoms with E-state index in [0.29, 0.717) is 16.5 Å². The molecule has 1 fully saturated rings. The van der Waals surface area contributed by atoms with Gasteiger partial charge < -0.3 is 24.8 Å². The summed E-state index contributed by atoms with van der Waals surface area (Å²) in [6, 6.07) is 13.6. The summed E-state index contributed by atoms with van der Waals surface area (Å²) in [7, 11) is 1.59. The zero-order valence-corrected chi connectivity index (χ0v) is 20.4. The molecule has 2 N–H and O–H groups in total. The number of hydrogen-bond donors (Lipinski definition) is 2. The van der Waals surface area contributed by atoms with Crippen molar-refractivity contribution < 1.29 is 9.53 Å². The number of aryl methyl sites for hydroxylation is 1. The first-order valence-electron chi connectivity index (χ1n) is 11.0. The standard InChI is InChI=1S/C25H29N5O2S/c1-6-29-15(2)13-19(16(29)3)24-23(20-9-7-8-12-26-20)28-25(33)30(24)18-10-11-22(32-5)21(14-18)27-17(4)31/h7-14,23-24H,6H2,1-5H3,(H,27,31)(H,28,33)/t23-,24+/m1/s1. The van der Waals surface area contributed by atoms with Crippen molar-refractivity contribution in [3.05, 3.63) is 71.3 Å². The minimum atomic E-state index is -0.165. The number of anilines is 2. The average Bonchev–Trinajstić information content (AvgIpc) is 3.28. The van der Waals surface area contributed by atoms with E-state index in [0.717, 1.165) is 17.9 Å². The Morgan fingerprint density at radius 1 is 1.24 bits per heavy atom. The molecule has 2 aromatic heterocycles. The number of thiocarbonyl (C=S) groups is 1. The molecule has 0 unspecified atom stereocenters. The molecule has 4 rings (SSSR count). The number of rotatable bonds is 6. The van der Waals surface area contributed by atoms with Gasteiger partial charge in [0.25, 0.3) is 0 Å². The molecule has 1 saturated heterocycles. The predicted molar refractivity (Wildman–Crippen MR) is 135 cm³/mol. The molecule has 1 aliphatic rings. The van der Waals surface area contributed by atoms with Crippen molar-refractivity contribution in [1.82, 2.24) is 14.9 Å². The molecular formula is C25H29N5O2S. The molecule has 0 spiro atoms. The molecule has 8 heteroatoms. The SMILES string of the molecule is CCn1c(C)cc([C@H]2[C@@H](c3ccccn3)NC(=S)N2c2ccc(OC)c(NC(C)=O)c2)c1C. The van der Waals surface area contributed by atoms with Crippen LogP contribution in [0.15, 0.2) is 48.7 Å². The molecule has 1 aliphatic heterocycles. The molecule has 33 heavy (non-hydrogen) atoms. The first-order valence-corrected chi connectivity index (χ1v) is 11.4. The number of amides is 1. The molecule has 1 aromatic carbocycles. The van der Waals surface area contributed by atoms with Crippen LogP contribution in [0.4, 0.5) is 11.4 Å². The Morgan fingerprint density at radius 2 is 2.03 bits per heavy atom. The normalized spacial score (nSPS) is 17.7. The highest BCUT2D eigenvalue weighted by Gasteiger charge is 2.42. The van der Waals surface area contributed by atoms with Crippen molar-refractivity contribution in [2.24, 2.45) is 0 Å². The van der Waals surface area contributed by atoms with Gasteiger partial charge in [0.05, 0.1) is 30.6 Å². The Kier molecular flexibility index (Phi) is 6.37. The van der Waals surface area contributed by atoms with Gasteiger partial charge in [-0.2, -0.15) is 0 Å². The maximum atomic E-state index is 11.8. The summed E-state index contributed by atoms with van der Waals surface area (Å²) >= 11 is 5.84. The first-order chi connectivity index (χ1) is 15.8. The molecule has 172 valence electrons. The molecule has 3 aromatic rings. The van der Waals surface area contributed by atoms with Crippen LogP contribution in [0.2, 0.25) is 0 Å². The number of benzene rings is 1. The van der Waals surface area contributed by atoms with E-state index in [2.05, 4.69) is 51.9 Å². The Labute approximate surface area is 199 Å². The van der Waals surface area contributed by atoms with E-state index in [1.807, 2.05) is 36.4 Å². The van der Waals surface area contributed by atoms with E-state index in [1.165, 1.54) is 23.9 Å². The van der Waals surface area contributed by atoms with Gasteiger partial charge in [-0.1, -0.05) is 6.07 Å². The van der Waals surface area contributed by atoms with Gasteiger partial charge in [0.15, 0.2) is 5.11 Å². The lowest BCUT2D eigenvalue weighted by molar-refractivity contribution is -0.114. The van der Waals surface area contributed by atoms with E-state index in [-0.39, 0.29) is 18.0 Å². The fraction of sp³-hybridized carbons (Fsp3) is 0.320. The number of methoxy groups -OCH3 is 1. The smallest absolute Gasteiger partial charge is 0.221 e. The number of aromatic nitrogens is 2. The van der Waals surface area contributed by atoms with Crippen molar-refractivity contribution in [3.8, 4) is 5.75 Å². The van der Waals surface area contributed by atoms with E-state index in [1.54, 1.807) is 13.3 Å². The van der Waals surface area contributed by atoms with Gasteiger partial charge in [0.2, 0.25) is 5.91 Å². The Hall–Kier alpha value is -3.39. The van der Waals surface area contributed by atoms with Crippen molar-refractivity contribution in [2.75, 3.05) is 17.3 Å². The quantitative estimate of drug-likeness (QED) is 0.518. The molecule has 0 bridgehead atoms. The number of nitrogens with one attached hydrogen (secondary N) is 2. The second kappa shape index (κ2) is 9.23. The Bertz CT molecular complexity index is 1190. The third kappa shape index (κ3) is 4.18. The van der Waals surface area contributed by atoms with Crippen LogP contribution in [0.5, 0.6) is 5.75 Å². The highest BCUT2D eigenvalue weighted by Crippen LogP contribution is 2.44. The lowest BCUT2D eigenvalue weighted by atomic mass is 9.96. The monoisotopic (exact) mass is 463 g/mol. The third-order valence-electron chi connectivity index (χ3n) is 6.12. The molecule has 1 amide bonds. The topological polar surface area (TPSA) is 71.4 Å². The van der Waals surface area contributed by atoms with Gasteiger partial charge in [0.1, 0.15) is 5.75 Å². The second-order valence-corrected chi connectivity index (χ2v) is 8.52. The average molecular weight is 464 g/mol. The van der Waals surface area contributed by atoms with Gasteiger partial charge in [-0.05, 0) is 75.0 Å². The van der Waals surface area contributed by atoms with Crippen molar-refractivity contribution in [1.29, 1.82) is 0 Å². The number of carbonyl (C=O) groups is 1. The molecule has 0 aliphatic carbocycles. The number of hydrogen-bond acceptors (Lipinski definition) is 4.